The average Bonchev–Trinajstić information content (AvgIpc) is 2.42. The van der Waals surface area contributed by atoms with Crippen LogP contribution in [0.3, 0.4) is 0 Å². The van der Waals surface area contributed by atoms with Crippen LogP contribution >= 0.6 is 15.9 Å². The summed E-state index contributed by atoms with van der Waals surface area (Å²) in [4.78, 5) is 8.33. The number of halogens is 1. The highest BCUT2D eigenvalue weighted by Crippen LogP contribution is 2.26. The summed E-state index contributed by atoms with van der Waals surface area (Å²) in [6.07, 6.45) is 3.13. The lowest BCUT2D eigenvalue weighted by Crippen LogP contribution is -2.25. The van der Waals surface area contributed by atoms with E-state index in [-0.39, 0.29) is 11.4 Å². The zero-order valence-corrected chi connectivity index (χ0v) is 14.0. The summed E-state index contributed by atoms with van der Waals surface area (Å²) in [6.45, 7) is 3.55. The quantitative estimate of drug-likeness (QED) is 0.801. The van der Waals surface area contributed by atoms with E-state index in [1.807, 2.05) is 6.92 Å². The van der Waals surface area contributed by atoms with Gasteiger partial charge in [0.1, 0.15) is 0 Å². The molecule has 21 heavy (non-hydrogen) atoms. The smallest absolute Gasteiger partial charge is 0.241 e. The summed E-state index contributed by atoms with van der Waals surface area (Å²) >= 11 is 3.25. The normalized spacial score (nSPS) is 11.6. The summed E-state index contributed by atoms with van der Waals surface area (Å²) in [5.74, 6) is 0. The molecule has 0 aliphatic heterocycles. The van der Waals surface area contributed by atoms with Gasteiger partial charge < -0.3 is 5.73 Å². The van der Waals surface area contributed by atoms with E-state index in [1.165, 1.54) is 6.07 Å². The number of hydrogen-bond donors (Lipinski definition) is 2. The third kappa shape index (κ3) is 3.78. The standard InChI is InChI=1S/C13H15BrN4O2S/c1-8-5-17-11(6-16-8)7-18-21(19,20)13-4-10(14)3-12(15)9(13)2/h3-6,18H,7,15H2,1-2H3. The molecule has 1 aromatic heterocycles. The van der Waals surface area contributed by atoms with Crippen molar-refractivity contribution >= 4 is 31.6 Å². The van der Waals surface area contributed by atoms with Crippen molar-refractivity contribution in [1.29, 1.82) is 0 Å². The monoisotopic (exact) mass is 370 g/mol. The Morgan fingerprint density at radius 2 is 1.95 bits per heavy atom. The molecule has 3 N–H and O–H groups in total. The minimum Gasteiger partial charge on any atom is -0.398 e. The fraction of sp³-hybridized carbons (Fsp3) is 0.231. The first kappa shape index (κ1) is 15.9. The van der Waals surface area contributed by atoms with Gasteiger partial charge in [-0.15, -0.1) is 0 Å². The third-order valence-electron chi connectivity index (χ3n) is 2.93. The van der Waals surface area contributed by atoms with Gasteiger partial charge in [-0.25, -0.2) is 13.1 Å². The molecule has 6 nitrogen and oxygen atoms in total. The van der Waals surface area contributed by atoms with Crippen LogP contribution < -0.4 is 10.5 Å². The van der Waals surface area contributed by atoms with Crippen LogP contribution in [-0.2, 0) is 16.6 Å². The number of anilines is 1. The predicted octanol–water partition coefficient (Wildman–Crippen LogP) is 1.92. The maximum atomic E-state index is 12.4. The number of aryl methyl sites for hydroxylation is 1. The Balaban J connectivity index is 2.25. The van der Waals surface area contributed by atoms with Gasteiger partial charge in [0.15, 0.2) is 0 Å². The topological polar surface area (TPSA) is 98.0 Å². The van der Waals surface area contributed by atoms with Crippen molar-refractivity contribution in [2.75, 3.05) is 5.73 Å². The van der Waals surface area contributed by atoms with E-state index in [4.69, 9.17) is 5.73 Å². The summed E-state index contributed by atoms with van der Waals surface area (Å²) in [5, 5.41) is 0. The largest absolute Gasteiger partial charge is 0.398 e. The van der Waals surface area contributed by atoms with E-state index in [2.05, 4.69) is 30.6 Å². The highest BCUT2D eigenvalue weighted by atomic mass is 79.9. The number of rotatable bonds is 4. The second kappa shape index (κ2) is 6.08. The summed E-state index contributed by atoms with van der Waals surface area (Å²) in [6, 6.07) is 3.19. The van der Waals surface area contributed by atoms with E-state index in [0.717, 1.165) is 5.69 Å². The Kier molecular flexibility index (Phi) is 4.60. The second-order valence-electron chi connectivity index (χ2n) is 4.59. The number of hydrogen-bond acceptors (Lipinski definition) is 5. The van der Waals surface area contributed by atoms with Crippen LogP contribution in [0.1, 0.15) is 17.0 Å². The van der Waals surface area contributed by atoms with Gasteiger partial charge in [-0.1, -0.05) is 15.9 Å². The van der Waals surface area contributed by atoms with E-state index in [1.54, 1.807) is 25.4 Å². The summed E-state index contributed by atoms with van der Waals surface area (Å²) in [5.41, 5.74) is 8.05. The first-order valence-electron chi connectivity index (χ1n) is 6.12. The molecule has 1 heterocycles. The molecule has 0 bridgehead atoms. The van der Waals surface area contributed by atoms with Crippen LogP contribution in [0.15, 0.2) is 33.9 Å². The number of benzene rings is 1. The van der Waals surface area contributed by atoms with Crippen molar-refractivity contribution in [3.63, 3.8) is 0 Å². The lowest BCUT2D eigenvalue weighted by molar-refractivity contribution is 0.579. The Bertz CT molecular complexity index is 760. The van der Waals surface area contributed by atoms with Gasteiger partial charge in [0, 0.05) is 16.4 Å². The van der Waals surface area contributed by atoms with E-state index in [0.29, 0.717) is 21.4 Å². The predicted molar refractivity (Wildman–Crippen MR) is 84.1 cm³/mol. The van der Waals surface area contributed by atoms with Crippen LogP contribution in [0.4, 0.5) is 5.69 Å². The molecule has 0 aliphatic carbocycles. The van der Waals surface area contributed by atoms with E-state index in [9.17, 15) is 8.42 Å². The summed E-state index contributed by atoms with van der Waals surface area (Å²) < 4.78 is 27.8. The van der Waals surface area contributed by atoms with Crippen molar-refractivity contribution in [2.24, 2.45) is 0 Å². The third-order valence-corrected chi connectivity index (χ3v) is 4.92. The first-order valence-corrected chi connectivity index (χ1v) is 8.40. The molecule has 0 saturated heterocycles. The van der Waals surface area contributed by atoms with Gasteiger partial charge in [-0.3, -0.25) is 9.97 Å². The molecule has 0 unspecified atom stereocenters. The van der Waals surface area contributed by atoms with Gasteiger partial charge in [-0.2, -0.15) is 0 Å². The van der Waals surface area contributed by atoms with E-state index >= 15 is 0 Å². The molecule has 0 saturated carbocycles. The fourth-order valence-electron chi connectivity index (χ4n) is 1.71. The number of nitrogens with two attached hydrogens (primary N) is 1. The second-order valence-corrected chi connectivity index (χ2v) is 7.24. The zero-order chi connectivity index (χ0) is 15.6. The minimum absolute atomic E-state index is 0.0709. The molecule has 0 spiro atoms. The van der Waals surface area contributed by atoms with Crippen molar-refractivity contribution in [2.45, 2.75) is 25.3 Å². The van der Waals surface area contributed by atoms with Gasteiger partial charge in [0.2, 0.25) is 10.0 Å². The highest BCUT2D eigenvalue weighted by molar-refractivity contribution is 9.10. The fourth-order valence-corrected chi connectivity index (χ4v) is 3.63. The van der Waals surface area contributed by atoms with Crippen molar-refractivity contribution in [3.8, 4) is 0 Å². The molecule has 1 aromatic carbocycles. The number of sulfonamides is 1. The summed E-state index contributed by atoms with van der Waals surface area (Å²) in [7, 11) is -3.67. The number of nitrogens with one attached hydrogen (secondary N) is 1. The highest BCUT2D eigenvalue weighted by Gasteiger charge is 2.19. The number of nitrogens with zero attached hydrogens (tertiary/aromatic N) is 2. The Hall–Kier alpha value is -1.51. The average molecular weight is 371 g/mol. The lowest BCUT2D eigenvalue weighted by Gasteiger charge is -2.11. The number of nitrogen functional groups attached to an aromatic ring is 1. The molecule has 0 fully saturated rings. The van der Waals surface area contributed by atoms with E-state index < -0.39 is 10.0 Å². The molecule has 112 valence electrons. The maximum Gasteiger partial charge on any atom is 0.241 e. The molecule has 0 atom stereocenters. The molecular weight excluding hydrogens is 356 g/mol. The Morgan fingerprint density at radius 1 is 1.24 bits per heavy atom. The van der Waals surface area contributed by atoms with Gasteiger partial charge >= 0.3 is 0 Å². The molecule has 0 amide bonds. The van der Waals surface area contributed by atoms with Crippen LogP contribution in [0, 0.1) is 13.8 Å². The minimum atomic E-state index is -3.67. The zero-order valence-electron chi connectivity index (χ0n) is 11.6. The van der Waals surface area contributed by atoms with Crippen molar-refractivity contribution in [3.05, 3.63) is 46.0 Å². The first-order chi connectivity index (χ1) is 9.79. The van der Waals surface area contributed by atoms with Crippen LogP contribution in [0.25, 0.3) is 0 Å². The maximum absolute atomic E-state index is 12.4. The molecule has 0 aliphatic rings. The van der Waals surface area contributed by atoms with Gasteiger partial charge in [-0.05, 0) is 31.5 Å². The van der Waals surface area contributed by atoms with Crippen molar-refractivity contribution < 1.29 is 8.42 Å². The van der Waals surface area contributed by atoms with Crippen LogP contribution in [0.5, 0.6) is 0 Å². The molecule has 8 heteroatoms. The van der Waals surface area contributed by atoms with Gasteiger partial charge in [0.25, 0.3) is 0 Å². The van der Waals surface area contributed by atoms with Crippen LogP contribution in [0.2, 0.25) is 0 Å². The van der Waals surface area contributed by atoms with Crippen molar-refractivity contribution in [1.82, 2.24) is 14.7 Å². The molecule has 2 aromatic rings. The molecular formula is C13H15BrN4O2S. The van der Waals surface area contributed by atoms with Gasteiger partial charge in [0.05, 0.1) is 29.0 Å². The molecule has 2 rings (SSSR count). The lowest BCUT2D eigenvalue weighted by atomic mass is 10.2. The SMILES string of the molecule is Cc1cnc(CNS(=O)(=O)c2cc(Br)cc(N)c2C)cn1. The van der Waals surface area contributed by atoms with Crippen LogP contribution in [-0.4, -0.2) is 18.4 Å². The molecule has 0 radical (unpaired) electrons. The Labute approximate surface area is 132 Å². The number of aromatic nitrogens is 2. The Morgan fingerprint density at radius 3 is 2.57 bits per heavy atom.